The molecule has 1 unspecified atom stereocenters. The first kappa shape index (κ1) is 13.2. The Bertz CT molecular complexity index is 664. The number of aliphatic hydroxyl groups is 1. The van der Waals surface area contributed by atoms with Crippen LogP contribution in [0.1, 0.15) is 6.92 Å². The number of fused-ring (bicyclic) bond motifs is 3. The summed E-state index contributed by atoms with van der Waals surface area (Å²) in [5.41, 5.74) is 2.45. The van der Waals surface area contributed by atoms with Crippen LogP contribution in [0.25, 0.3) is 21.8 Å². The van der Waals surface area contributed by atoms with E-state index >= 15 is 0 Å². The van der Waals surface area contributed by atoms with E-state index in [4.69, 9.17) is 0 Å². The molecule has 1 atom stereocenters. The summed E-state index contributed by atoms with van der Waals surface area (Å²) in [4.78, 5) is 0. The molecule has 0 saturated carbocycles. The molecule has 0 aliphatic heterocycles. The molecule has 0 aliphatic rings. The van der Waals surface area contributed by atoms with E-state index in [2.05, 4.69) is 65.3 Å². The number of hydrogen-bond donors (Lipinski definition) is 2. The van der Waals surface area contributed by atoms with Crippen LogP contribution in [0.15, 0.2) is 48.5 Å². The van der Waals surface area contributed by atoms with E-state index < -0.39 is 0 Å². The molecule has 1 aromatic heterocycles. The highest BCUT2D eigenvalue weighted by Gasteiger charge is 2.13. The van der Waals surface area contributed by atoms with Crippen molar-refractivity contribution < 1.29 is 5.11 Å². The molecule has 0 radical (unpaired) electrons. The predicted octanol–water partition coefficient (Wildman–Crippen LogP) is 2.76. The Balaban J connectivity index is 2.16. The van der Waals surface area contributed by atoms with Gasteiger partial charge in [-0.2, -0.15) is 0 Å². The highest BCUT2D eigenvalue weighted by Crippen LogP contribution is 2.28. The molecule has 1 heterocycles. The van der Waals surface area contributed by atoms with Crippen LogP contribution in [0.3, 0.4) is 0 Å². The van der Waals surface area contributed by atoms with Crippen LogP contribution in [0.2, 0.25) is 0 Å². The molecule has 0 amide bonds. The lowest BCUT2D eigenvalue weighted by molar-refractivity contribution is 0.233. The summed E-state index contributed by atoms with van der Waals surface area (Å²) < 4.78 is 2.30. The number of nitrogens with one attached hydrogen (secondary N) is 1. The highest BCUT2D eigenvalue weighted by atomic mass is 16.3. The fourth-order valence-corrected chi connectivity index (χ4v) is 2.90. The molecule has 3 heteroatoms. The Morgan fingerprint density at radius 3 is 2.05 bits per heavy atom. The van der Waals surface area contributed by atoms with E-state index in [1.807, 2.05) is 0 Å². The summed E-state index contributed by atoms with van der Waals surface area (Å²) >= 11 is 0. The molecular weight excluding hydrogens is 248 g/mol. The number of benzene rings is 2. The number of hydrogen-bond acceptors (Lipinski definition) is 2. The van der Waals surface area contributed by atoms with Gasteiger partial charge in [0.25, 0.3) is 0 Å². The van der Waals surface area contributed by atoms with Gasteiger partial charge in [-0.1, -0.05) is 43.3 Å². The molecule has 3 aromatic rings. The summed E-state index contributed by atoms with van der Waals surface area (Å²) in [5, 5.41) is 15.4. The minimum Gasteiger partial charge on any atom is -0.395 e. The maximum absolute atomic E-state index is 9.52. The largest absolute Gasteiger partial charge is 0.395 e. The van der Waals surface area contributed by atoms with Crippen molar-refractivity contribution in [2.75, 3.05) is 13.2 Å². The molecule has 2 N–H and O–H groups in total. The molecule has 0 bridgehead atoms. The molecule has 2 aromatic carbocycles. The Labute approximate surface area is 118 Å². The molecule has 20 heavy (non-hydrogen) atoms. The van der Waals surface area contributed by atoms with Gasteiger partial charge < -0.3 is 15.0 Å². The van der Waals surface area contributed by atoms with Crippen LogP contribution < -0.4 is 5.32 Å². The fourth-order valence-electron chi connectivity index (χ4n) is 2.90. The summed E-state index contributed by atoms with van der Waals surface area (Å²) in [6.07, 6.45) is 0. The van der Waals surface area contributed by atoms with E-state index in [0.717, 1.165) is 13.1 Å². The lowest BCUT2D eigenvalue weighted by Gasteiger charge is -2.17. The van der Waals surface area contributed by atoms with Gasteiger partial charge >= 0.3 is 0 Å². The zero-order chi connectivity index (χ0) is 13.9. The second-order valence-electron chi connectivity index (χ2n) is 5.08. The van der Waals surface area contributed by atoms with Crippen LogP contribution >= 0.6 is 0 Å². The standard InChI is InChI=1S/C17H20N2O/c1-2-18-13(12-20)11-19-16-9-5-3-7-14(16)15-8-4-6-10-17(15)19/h3-10,13,18,20H,2,11-12H2,1H3. The van der Waals surface area contributed by atoms with E-state index in [1.54, 1.807) is 0 Å². The van der Waals surface area contributed by atoms with E-state index in [1.165, 1.54) is 21.8 Å². The fraction of sp³-hybridized carbons (Fsp3) is 0.294. The number of aromatic nitrogens is 1. The Morgan fingerprint density at radius 1 is 1.00 bits per heavy atom. The summed E-state index contributed by atoms with van der Waals surface area (Å²) in [6, 6.07) is 17.0. The molecule has 0 aliphatic carbocycles. The number of nitrogens with zero attached hydrogens (tertiary/aromatic N) is 1. The van der Waals surface area contributed by atoms with Crippen molar-refractivity contribution in [2.24, 2.45) is 0 Å². The smallest absolute Gasteiger partial charge is 0.0602 e. The Hall–Kier alpha value is -1.84. The van der Waals surface area contributed by atoms with Crippen LogP contribution in [0.5, 0.6) is 0 Å². The molecule has 0 saturated heterocycles. The van der Waals surface area contributed by atoms with Gasteiger partial charge in [0.2, 0.25) is 0 Å². The third-order valence-corrected chi connectivity index (χ3v) is 3.80. The zero-order valence-corrected chi connectivity index (χ0v) is 11.7. The summed E-state index contributed by atoms with van der Waals surface area (Å²) in [7, 11) is 0. The second kappa shape index (κ2) is 5.65. The molecule has 0 spiro atoms. The predicted molar refractivity (Wildman–Crippen MR) is 84.0 cm³/mol. The monoisotopic (exact) mass is 268 g/mol. The van der Waals surface area contributed by atoms with Crippen molar-refractivity contribution in [3.8, 4) is 0 Å². The molecular formula is C17H20N2O. The third-order valence-electron chi connectivity index (χ3n) is 3.80. The van der Waals surface area contributed by atoms with Gasteiger partial charge in [0.15, 0.2) is 0 Å². The topological polar surface area (TPSA) is 37.2 Å². The van der Waals surface area contributed by atoms with Crippen LogP contribution in [-0.2, 0) is 6.54 Å². The maximum atomic E-state index is 9.52. The third kappa shape index (κ3) is 2.19. The van der Waals surface area contributed by atoms with Gasteiger partial charge in [-0.05, 0) is 18.7 Å². The average Bonchev–Trinajstić information content (AvgIpc) is 2.82. The quantitative estimate of drug-likeness (QED) is 0.746. The molecule has 3 nitrogen and oxygen atoms in total. The number of para-hydroxylation sites is 2. The first-order valence-electron chi connectivity index (χ1n) is 7.15. The Kier molecular flexibility index (Phi) is 3.72. The zero-order valence-electron chi connectivity index (χ0n) is 11.7. The van der Waals surface area contributed by atoms with Gasteiger partial charge in [-0.25, -0.2) is 0 Å². The first-order valence-corrected chi connectivity index (χ1v) is 7.15. The molecule has 0 fully saturated rings. The van der Waals surface area contributed by atoms with Crippen LogP contribution in [-0.4, -0.2) is 28.9 Å². The van der Waals surface area contributed by atoms with E-state index in [0.29, 0.717) is 0 Å². The van der Waals surface area contributed by atoms with Crippen molar-refractivity contribution >= 4 is 21.8 Å². The van der Waals surface area contributed by atoms with Gasteiger partial charge in [0, 0.05) is 34.4 Å². The first-order chi connectivity index (χ1) is 9.85. The van der Waals surface area contributed by atoms with Gasteiger partial charge in [-0.3, -0.25) is 0 Å². The normalized spacial score (nSPS) is 13.1. The molecule has 104 valence electrons. The molecule has 3 rings (SSSR count). The van der Waals surface area contributed by atoms with Crippen LogP contribution in [0.4, 0.5) is 0 Å². The average molecular weight is 268 g/mol. The minimum atomic E-state index is 0.0826. The summed E-state index contributed by atoms with van der Waals surface area (Å²) in [6.45, 7) is 3.85. The van der Waals surface area contributed by atoms with Crippen molar-refractivity contribution in [3.05, 3.63) is 48.5 Å². The summed E-state index contributed by atoms with van der Waals surface area (Å²) in [5.74, 6) is 0. The SMILES string of the molecule is CCNC(CO)Cn1c2ccccc2c2ccccc21. The van der Waals surface area contributed by atoms with E-state index in [-0.39, 0.29) is 12.6 Å². The van der Waals surface area contributed by atoms with Crippen molar-refractivity contribution in [3.63, 3.8) is 0 Å². The number of aliphatic hydroxyl groups excluding tert-OH is 1. The highest BCUT2D eigenvalue weighted by molar-refractivity contribution is 6.07. The number of rotatable bonds is 5. The maximum Gasteiger partial charge on any atom is 0.0602 e. The van der Waals surface area contributed by atoms with Gasteiger partial charge in [-0.15, -0.1) is 0 Å². The van der Waals surface area contributed by atoms with Crippen molar-refractivity contribution in [1.82, 2.24) is 9.88 Å². The van der Waals surface area contributed by atoms with E-state index in [9.17, 15) is 5.11 Å². The lowest BCUT2D eigenvalue weighted by atomic mass is 10.2. The lowest BCUT2D eigenvalue weighted by Crippen LogP contribution is -2.36. The van der Waals surface area contributed by atoms with Gasteiger partial charge in [0.1, 0.15) is 0 Å². The van der Waals surface area contributed by atoms with Gasteiger partial charge in [0.05, 0.1) is 6.61 Å². The van der Waals surface area contributed by atoms with Crippen molar-refractivity contribution in [1.29, 1.82) is 0 Å². The number of likely N-dealkylation sites (N-methyl/N-ethyl adjacent to an activating group) is 1. The van der Waals surface area contributed by atoms with Crippen LogP contribution in [0, 0.1) is 0 Å². The second-order valence-corrected chi connectivity index (χ2v) is 5.08. The van der Waals surface area contributed by atoms with Crippen molar-refractivity contribution in [2.45, 2.75) is 19.5 Å². The minimum absolute atomic E-state index is 0.0826. The Morgan fingerprint density at radius 2 is 1.55 bits per heavy atom.